The number of nitriles is 1. The third-order valence-corrected chi connectivity index (χ3v) is 3.57. The van der Waals surface area contributed by atoms with Crippen molar-refractivity contribution in [2.45, 2.75) is 0 Å². The van der Waals surface area contributed by atoms with E-state index in [0.29, 0.717) is 5.56 Å². The van der Waals surface area contributed by atoms with Crippen molar-refractivity contribution in [3.8, 4) is 11.8 Å². The molecular weight excluding hydrogens is 304 g/mol. The molecule has 0 amide bonds. The van der Waals surface area contributed by atoms with E-state index in [0.717, 1.165) is 21.6 Å². The van der Waals surface area contributed by atoms with E-state index < -0.39 is 0 Å². The first-order valence-electron chi connectivity index (χ1n) is 5.73. The van der Waals surface area contributed by atoms with E-state index in [1.807, 2.05) is 54.4 Å². The summed E-state index contributed by atoms with van der Waals surface area (Å²) in [7, 11) is 3.57. The van der Waals surface area contributed by atoms with Crippen molar-refractivity contribution in [2.24, 2.45) is 0 Å². The Hall–Kier alpha value is -1.99. The summed E-state index contributed by atoms with van der Waals surface area (Å²) in [5.41, 5.74) is 2.44. The first kappa shape index (κ1) is 13.4. The highest BCUT2D eigenvalue weighted by Crippen LogP contribution is 2.32. The maximum absolute atomic E-state index is 9.26. The van der Waals surface area contributed by atoms with Gasteiger partial charge in [-0.15, -0.1) is 0 Å². The zero-order valence-electron chi connectivity index (χ0n) is 10.7. The Balaban J connectivity index is 2.47. The van der Waals surface area contributed by atoms with Crippen LogP contribution in [0.4, 0.5) is 11.4 Å². The first-order chi connectivity index (χ1) is 9.17. The maximum atomic E-state index is 9.26. The van der Waals surface area contributed by atoms with E-state index in [4.69, 9.17) is 4.74 Å². The Morgan fingerprint density at radius 3 is 2.63 bits per heavy atom. The van der Waals surface area contributed by atoms with Crippen LogP contribution >= 0.6 is 15.9 Å². The normalized spacial score (nSPS) is 9.79. The van der Waals surface area contributed by atoms with Crippen molar-refractivity contribution < 1.29 is 4.74 Å². The van der Waals surface area contributed by atoms with Crippen LogP contribution in [-0.4, -0.2) is 14.2 Å². The molecule has 0 saturated heterocycles. The fourth-order valence-corrected chi connectivity index (χ4v) is 2.31. The fourth-order valence-electron chi connectivity index (χ4n) is 1.86. The van der Waals surface area contributed by atoms with E-state index in [9.17, 15) is 5.26 Å². The zero-order chi connectivity index (χ0) is 13.8. The highest BCUT2D eigenvalue weighted by Gasteiger charge is 2.12. The summed E-state index contributed by atoms with van der Waals surface area (Å²) in [5.74, 6) is 0.790. The smallest absolute Gasteiger partial charge is 0.120 e. The van der Waals surface area contributed by atoms with Crippen molar-refractivity contribution in [3.05, 3.63) is 52.5 Å². The van der Waals surface area contributed by atoms with Crippen molar-refractivity contribution in [1.82, 2.24) is 0 Å². The van der Waals surface area contributed by atoms with Gasteiger partial charge in [0.2, 0.25) is 0 Å². The lowest BCUT2D eigenvalue weighted by Gasteiger charge is -2.21. The molecule has 2 aromatic carbocycles. The SMILES string of the molecule is COc1cccc(N(C)c2cccc(Br)c2C#N)c1. The van der Waals surface area contributed by atoms with Gasteiger partial charge in [-0.25, -0.2) is 0 Å². The van der Waals surface area contributed by atoms with E-state index in [1.54, 1.807) is 7.11 Å². The van der Waals surface area contributed by atoms with Crippen molar-refractivity contribution in [3.63, 3.8) is 0 Å². The quantitative estimate of drug-likeness (QED) is 0.855. The maximum Gasteiger partial charge on any atom is 0.120 e. The minimum absolute atomic E-state index is 0.618. The van der Waals surface area contributed by atoms with Crippen molar-refractivity contribution >= 4 is 27.3 Å². The summed E-state index contributed by atoms with van der Waals surface area (Å²) in [6.45, 7) is 0. The second-order valence-electron chi connectivity index (χ2n) is 4.01. The summed E-state index contributed by atoms with van der Waals surface area (Å²) in [4.78, 5) is 1.96. The molecule has 2 rings (SSSR count). The molecule has 0 aliphatic heterocycles. The minimum Gasteiger partial charge on any atom is -0.497 e. The van der Waals surface area contributed by atoms with E-state index in [-0.39, 0.29) is 0 Å². The molecule has 0 radical (unpaired) electrons. The Kier molecular flexibility index (Phi) is 4.08. The highest BCUT2D eigenvalue weighted by molar-refractivity contribution is 9.10. The lowest BCUT2D eigenvalue weighted by atomic mass is 10.1. The van der Waals surface area contributed by atoms with Crippen LogP contribution in [0.25, 0.3) is 0 Å². The van der Waals surface area contributed by atoms with Gasteiger partial charge in [-0.3, -0.25) is 0 Å². The van der Waals surface area contributed by atoms with Gasteiger partial charge in [-0.2, -0.15) is 5.26 Å². The molecule has 4 heteroatoms. The number of anilines is 2. The summed E-state index contributed by atoms with van der Waals surface area (Å²) in [5, 5.41) is 9.26. The summed E-state index contributed by atoms with van der Waals surface area (Å²) in [6, 6.07) is 15.6. The molecule has 0 aliphatic carbocycles. The number of benzene rings is 2. The van der Waals surface area contributed by atoms with Crippen molar-refractivity contribution in [2.75, 3.05) is 19.1 Å². The van der Waals surface area contributed by atoms with E-state index >= 15 is 0 Å². The Labute approximate surface area is 121 Å². The molecular formula is C15H13BrN2O. The third kappa shape index (κ3) is 2.72. The predicted octanol–water partition coefficient (Wildman–Crippen LogP) is 4.10. The van der Waals surface area contributed by atoms with Crippen LogP contribution in [0.1, 0.15) is 5.56 Å². The molecule has 0 fully saturated rings. The number of ether oxygens (including phenoxy) is 1. The molecule has 0 aromatic heterocycles. The van der Waals surface area contributed by atoms with Crippen molar-refractivity contribution in [1.29, 1.82) is 5.26 Å². The monoisotopic (exact) mass is 316 g/mol. The van der Waals surface area contributed by atoms with Crippen LogP contribution < -0.4 is 9.64 Å². The number of halogens is 1. The van der Waals surface area contributed by atoms with Gasteiger partial charge >= 0.3 is 0 Å². The molecule has 0 aliphatic rings. The lowest BCUT2D eigenvalue weighted by molar-refractivity contribution is 0.415. The van der Waals surface area contributed by atoms with E-state index in [2.05, 4.69) is 22.0 Å². The molecule has 3 nitrogen and oxygen atoms in total. The van der Waals surface area contributed by atoms with Gasteiger partial charge in [0.05, 0.1) is 18.4 Å². The Morgan fingerprint density at radius 2 is 1.95 bits per heavy atom. The molecule has 0 heterocycles. The van der Waals surface area contributed by atoms with E-state index in [1.165, 1.54) is 0 Å². The largest absolute Gasteiger partial charge is 0.497 e. The van der Waals surface area contributed by atoms with Gasteiger partial charge in [0.1, 0.15) is 11.8 Å². The van der Waals surface area contributed by atoms with Crippen LogP contribution in [0, 0.1) is 11.3 Å². The zero-order valence-corrected chi connectivity index (χ0v) is 12.3. The van der Waals surface area contributed by atoms with Gasteiger partial charge in [0, 0.05) is 23.3 Å². The molecule has 0 saturated carbocycles. The van der Waals surface area contributed by atoms with Gasteiger partial charge < -0.3 is 9.64 Å². The molecule has 0 bridgehead atoms. The molecule has 0 atom stereocenters. The minimum atomic E-state index is 0.618. The van der Waals surface area contributed by atoms with Gasteiger partial charge in [0.15, 0.2) is 0 Å². The topological polar surface area (TPSA) is 36.3 Å². The lowest BCUT2D eigenvalue weighted by Crippen LogP contribution is -2.11. The number of methoxy groups -OCH3 is 1. The Bertz CT molecular complexity index is 634. The highest BCUT2D eigenvalue weighted by atomic mass is 79.9. The van der Waals surface area contributed by atoms with Crippen LogP contribution in [0.3, 0.4) is 0 Å². The molecule has 2 aromatic rings. The number of hydrogen-bond acceptors (Lipinski definition) is 3. The molecule has 0 spiro atoms. The number of nitrogens with zero attached hydrogens (tertiary/aromatic N) is 2. The molecule has 19 heavy (non-hydrogen) atoms. The average molecular weight is 317 g/mol. The Morgan fingerprint density at radius 1 is 1.21 bits per heavy atom. The number of hydrogen-bond donors (Lipinski definition) is 0. The average Bonchev–Trinajstić information content (AvgIpc) is 2.46. The van der Waals surface area contributed by atoms with Crippen LogP contribution in [0.15, 0.2) is 46.9 Å². The molecule has 0 unspecified atom stereocenters. The summed E-state index contributed by atoms with van der Waals surface area (Å²) < 4.78 is 6.01. The van der Waals surface area contributed by atoms with Crippen LogP contribution in [0.5, 0.6) is 5.75 Å². The van der Waals surface area contributed by atoms with Gasteiger partial charge in [-0.1, -0.05) is 12.1 Å². The first-order valence-corrected chi connectivity index (χ1v) is 6.53. The third-order valence-electron chi connectivity index (χ3n) is 2.91. The van der Waals surface area contributed by atoms with Crippen LogP contribution in [-0.2, 0) is 0 Å². The van der Waals surface area contributed by atoms with Gasteiger partial charge in [0.25, 0.3) is 0 Å². The number of rotatable bonds is 3. The standard InChI is InChI=1S/C15H13BrN2O/c1-18(11-5-3-6-12(9-11)19-2)15-8-4-7-14(16)13(15)10-17/h3-9H,1-2H3. The molecule has 0 N–H and O–H groups in total. The second-order valence-corrected chi connectivity index (χ2v) is 4.86. The second kappa shape index (κ2) is 5.77. The van der Waals surface area contributed by atoms with Crippen LogP contribution in [0.2, 0.25) is 0 Å². The molecule has 96 valence electrons. The van der Waals surface area contributed by atoms with Gasteiger partial charge in [-0.05, 0) is 40.2 Å². The fraction of sp³-hybridized carbons (Fsp3) is 0.133. The predicted molar refractivity (Wildman–Crippen MR) is 79.9 cm³/mol. The summed E-state index contributed by atoms with van der Waals surface area (Å²) in [6.07, 6.45) is 0. The summed E-state index contributed by atoms with van der Waals surface area (Å²) >= 11 is 3.40.